The maximum atomic E-state index is 11.8. The second-order valence-electron chi connectivity index (χ2n) is 4.78. The third-order valence-electron chi connectivity index (χ3n) is 3.31. The predicted molar refractivity (Wildman–Crippen MR) is 73.9 cm³/mol. The van der Waals surface area contributed by atoms with E-state index in [1.54, 1.807) is 24.3 Å². The summed E-state index contributed by atoms with van der Waals surface area (Å²) < 4.78 is 0. The molecule has 0 aliphatic rings. The third kappa shape index (κ3) is 5.12. The molecule has 1 rings (SSSR count). The highest BCUT2D eigenvalue weighted by atomic mass is 16.3. The van der Waals surface area contributed by atoms with Crippen LogP contribution in [-0.2, 0) is 16.0 Å². The van der Waals surface area contributed by atoms with Crippen LogP contribution in [0.2, 0.25) is 0 Å². The van der Waals surface area contributed by atoms with Crippen molar-refractivity contribution >= 4 is 12.2 Å². The number of hydrogen-bond donors (Lipinski definition) is 2. The number of rotatable bonds is 7. The Hall–Kier alpha value is -1.84. The number of nitrogens with one attached hydrogen (secondary N) is 1. The standard InChI is InChI=1S/C15H21NO3/c1-3-11(2)14(10-17)16-15(19)9-6-12-4-7-13(18)8-5-12/h4-5,7-8,10-11,14,18H,3,6,9H2,1-2H3,(H,16,19)/t11-,14+/m0/s1. The summed E-state index contributed by atoms with van der Waals surface area (Å²) in [5.41, 5.74) is 0.985. The van der Waals surface area contributed by atoms with Crippen LogP contribution < -0.4 is 5.32 Å². The van der Waals surface area contributed by atoms with Crippen LogP contribution in [0.25, 0.3) is 0 Å². The largest absolute Gasteiger partial charge is 0.508 e. The van der Waals surface area contributed by atoms with Crippen LogP contribution in [0.1, 0.15) is 32.3 Å². The average molecular weight is 263 g/mol. The monoisotopic (exact) mass is 263 g/mol. The van der Waals surface area contributed by atoms with E-state index in [-0.39, 0.29) is 17.6 Å². The molecule has 0 radical (unpaired) electrons. The fraction of sp³-hybridized carbons (Fsp3) is 0.467. The van der Waals surface area contributed by atoms with Gasteiger partial charge in [-0.3, -0.25) is 4.79 Å². The predicted octanol–water partition coefficient (Wildman–Crippen LogP) is 2.05. The highest BCUT2D eigenvalue weighted by Gasteiger charge is 2.16. The summed E-state index contributed by atoms with van der Waals surface area (Å²) in [5, 5.41) is 11.9. The number of phenolic OH excluding ortho intramolecular Hbond substituents is 1. The number of carbonyl (C=O) groups is 2. The molecule has 0 saturated heterocycles. The van der Waals surface area contributed by atoms with E-state index in [2.05, 4.69) is 5.32 Å². The lowest BCUT2D eigenvalue weighted by Gasteiger charge is -2.18. The van der Waals surface area contributed by atoms with Crippen molar-refractivity contribution in [1.82, 2.24) is 5.32 Å². The second-order valence-corrected chi connectivity index (χ2v) is 4.78. The van der Waals surface area contributed by atoms with Crippen molar-refractivity contribution in [3.05, 3.63) is 29.8 Å². The van der Waals surface area contributed by atoms with E-state index in [0.29, 0.717) is 12.8 Å². The van der Waals surface area contributed by atoms with E-state index >= 15 is 0 Å². The van der Waals surface area contributed by atoms with E-state index < -0.39 is 6.04 Å². The van der Waals surface area contributed by atoms with E-state index in [1.807, 2.05) is 13.8 Å². The molecule has 0 fully saturated rings. The molecule has 2 atom stereocenters. The van der Waals surface area contributed by atoms with Crippen LogP contribution >= 0.6 is 0 Å². The van der Waals surface area contributed by atoms with Gasteiger partial charge < -0.3 is 15.2 Å². The van der Waals surface area contributed by atoms with Crippen LogP contribution in [0.3, 0.4) is 0 Å². The van der Waals surface area contributed by atoms with Crippen LogP contribution in [0.5, 0.6) is 5.75 Å². The van der Waals surface area contributed by atoms with Crippen LogP contribution in [0.15, 0.2) is 24.3 Å². The molecule has 19 heavy (non-hydrogen) atoms. The lowest BCUT2D eigenvalue weighted by atomic mass is 10.00. The maximum Gasteiger partial charge on any atom is 0.220 e. The molecule has 104 valence electrons. The fourth-order valence-electron chi connectivity index (χ4n) is 1.74. The van der Waals surface area contributed by atoms with Crippen molar-refractivity contribution in [2.24, 2.45) is 5.92 Å². The lowest BCUT2D eigenvalue weighted by molar-refractivity contribution is -0.124. The molecule has 1 amide bonds. The molecule has 0 bridgehead atoms. The van der Waals surface area contributed by atoms with Gasteiger partial charge in [-0.2, -0.15) is 0 Å². The zero-order chi connectivity index (χ0) is 14.3. The highest BCUT2D eigenvalue weighted by molar-refractivity contribution is 5.79. The number of aromatic hydroxyl groups is 1. The van der Waals surface area contributed by atoms with Crippen LogP contribution in [-0.4, -0.2) is 23.3 Å². The summed E-state index contributed by atoms with van der Waals surface area (Å²) in [6.45, 7) is 3.93. The molecule has 1 aromatic carbocycles. The quantitative estimate of drug-likeness (QED) is 0.740. The molecule has 0 unspecified atom stereocenters. The first-order valence-electron chi connectivity index (χ1n) is 6.59. The number of aryl methyl sites for hydroxylation is 1. The number of carbonyl (C=O) groups excluding carboxylic acids is 2. The van der Waals surface area contributed by atoms with Gasteiger partial charge in [0.25, 0.3) is 0 Å². The van der Waals surface area contributed by atoms with Crippen molar-refractivity contribution in [3.8, 4) is 5.75 Å². The Balaban J connectivity index is 2.42. The smallest absolute Gasteiger partial charge is 0.220 e. The average Bonchev–Trinajstić information content (AvgIpc) is 2.43. The molecule has 0 spiro atoms. The number of phenols is 1. The minimum atomic E-state index is -0.405. The zero-order valence-electron chi connectivity index (χ0n) is 11.4. The summed E-state index contributed by atoms with van der Waals surface area (Å²) >= 11 is 0. The summed E-state index contributed by atoms with van der Waals surface area (Å²) in [4.78, 5) is 22.7. The molecule has 4 nitrogen and oxygen atoms in total. The summed E-state index contributed by atoms with van der Waals surface area (Å²) in [7, 11) is 0. The van der Waals surface area contributed by atoms with E-state index in [4.69, 9.17) is 5.11 Å². The molecule has 0 aliphatic carbocycles. The minimum Gasteiger partial charge on any atom is -0.508 e. The fourth-order valence-corrected chi connectivity index (χ4v) is 1.74. The van der Waals surface area contributed by atoms with Gasteiger partial charge in [0.2, 0.25) is 5.91 Å². The number of hydrogen-bond acceptors (Lipinski definition) is 3. The third-order valence-corrected chi connectivity index (χ3v) is 3.31. The van der Waals surface area contributed by atoms with Crippen molar-refractivity contribution in [2.45, 2.75) is 39.2 Å². The summed E-state index contributed by atoms with van der Waals surface area (Å²) in [6, 6.07) is 6.36. The Labute approximate surface area is 113 Å². The molecular weight excluding hydrogens is 242 g/mol. The van der Waals surface area contributed by atoms with Gasteiger partial charge in [-0.15, -0.1) is 0 Å². The number of amides is 1. The zero-order valence-corrected chi connectivity index (χ0v) is 11.4. The van der Waals surface area contributed by atoms with E-state index in [0.717, 1.165) is 18.3 Å². The van der Waals surface area contributed by atoms with Crippen molar-refractivity contribution in [1.29, 1.82) is 0 Å². The maximum absolute atomic E-state index is 11.8. The SMILES string of the molecule is CC[C@H](C)[C@@H](C=O)NC(=O)CCc1ccc(O)cc1. The molecule has 0 heterocycles. The second kappa shape index (κ2) is 7.56. The molecule has 0 aromatic heterocycles. The molecule has 2 N–H and O–H groups in total. The van der Waals surface area contributed by atoms with Gasteiger partial charge in [-0.05, 0) is 30.0 Å². The van der Waals surface area contributed by atoms with Crippen LogP contribution in [0, 0.1) is 5.92 Å². The Morgan fingerprint density at radius 1 is 1.37 bits per heavy atom. The molecule has 0 aliphatic heterocycles. The molecule has 4 heteroatoms. The van der Waals surface area contributed by atoms with E-state index in [1.165, 1.54) is 0 Å². The lowest BCUT2D eigenvalue weighted by Crippen LogP contribution is -2.40. The Kier molecular flexibility index (Phi) is 6.06. The van der Waals surface area contributed by atoms with Gasteiger partial charge in [-0.1, -0.05) is 32.4 Å². The minimum absolute atomic E-state index is 0.120. The van der Waals surface area contributed by atoms with Gasteiger partial charge in [0.05, 0.1) is 6.04 Å². The highest BCUT2D eigenvalue weighted by Crippen LogP contribution is 2.11. The summed E-state index contributed by atoms with van der Waals surface area (Å²) in [6.07, 6.45) is 2.58. The van der Waals surface area contributed by atoms with Gasteiger partial charge in [0, 0.05) is 6.42 Å². The van der Waals surface area contributed by atoms with Crippen LogP contribution in [0.4, 0.5) is 0 Å². The topological polar surface area (TPSA) is 66.4 Å². The Morgan fingerprint density at radius 3 is 2.53 bits per heavy atom. The van der Waals surface area contributed by atoms with Crippen molar-refractivity contribution in [2.75, 3.05) is 0 Å². The molecule has 0 saturated carbocycles. The Bertz CT molecular complexity index is 414. The van der Waals surface area contributed by atoms with E-state index in [9.17, 15) is 9.59 Å². The van der Waals surface area contributed by atoms with Crippen molar-refractivity contribution in [3.63, 3.8) is 0 Å². The number of benzene rings is 1. The van der Waals surface area contributed by atoms with Crippen molar-refractivity contribution < 1.29 is 14.7 Å². The van der Waals surface area contributed by atoms with Gasteiger partial charge in [0.1, 0.15) is 12.0 Å². The molecule has 1 aromatic rings. The first kappa shape index (κ1) is 15.2. The van der Waals surface area contributed by atoms with Gasteiger partial charge >= 0.3 is 0 Å². The first-order chi connectivity index (χ1) is 9.06. The van der Waals surface area contributed by atoms with Gasteiger partial charge in [0.15, 0.2) is 0 Å². The first-order valence-corrected chi connectivity index (χ1v) is 6.59. The summed E-state index contributed by atoms with van der Waals surface area (Å²) in [5.74, 6) is 0.242. The van der Waals surface area contributed by atoms with Gasteiger partial charge in [-0.25, -0.2) is 0 Å². The Morgan fingerprint density at radius 2 is 2.00 bits per heavy atom. The molecular formula is C15H21NO3. The number of aldehydes is 1. The normalized spacial score (nSPS) is 13.6.